The van der Waals surface area contributed by atoms with Crippen molar-refractivity contribution in [3.05, 3.63) is 163 Å². The molecule has 0 aliphatic rings. The molecule has 11 N–H and O–H groups in total. The van der Waals surface area contributed by atoms with E-state index in [1.165, 1.54) is 60.4 Å². The fraction of sp³-hybridized carbons (Fsp3) is 0.365. The van der Waals surface area contributed by atoms with Gasteiger partial charge in [-0.3, -0.25) is 0 Å². The van der Waals surface area contributed by atoms with Crippen molar-refractivity contribution in [1.82, 2.24) is 60.6 Å². The van der Waals surface area contributed by atoms with Gasteiger partial charge in [0.05, 0.1) is 47.2 Å². The first-order valence-corrected chi connectivity index (χ1v) is 29.8. The summed E-state index contributed by atoms with van der Waals surface area (Å²) in [6.07, 6.45) is 7.06. The van der Waals surface area contributed by atoms with E-state index >= 15 is 0 Å². The molecule has 35 heteroatoms. The molecule has 8 rings (SSSR count). The van der Waals surface area contributed by atoms with Crippen molar-refractivity contribution in [2.75, 3.05) is 32.8 Å². The van der Waals surface area contributed by atoms with E-state index in [-0.39, 0.29) is 72.1 Å². The fourth-order valence-corrected chi connectivity index (χ4v) is 7.53. The molecule has 0 saturated heterocycles. The molecule has 3 heterocycles. The number of aryl methyl sites for hydroxylation is 4. The van der Waals surface area contributed by atoms with Gasteiger partial charge >= 0.3 is 7.12 Å². The van der Waals surface area contributed by atoms with Crippen LogP contribution in [-0.2, 0) is 81.4 Å². The largest absolute Gasteiger partial charge is 0.451 e. The van der Waals surface area contributed by atoms with Crippen LogP contribution in [0.15, 0.2) is 84.1 Å². The summed E-state index contributed by atoms with van der Waals surface area (Å²) < 4.78 is 95.4. The number of methoxy groups -OCH3 is 3. The number of hydrogen-bond acceptors (Lipinski definition) is 21. The van der Waals surface area contributed by atoms with Crippen molar-refractivity contribution in [3.63, 3.8) is 0 Å². The zero-order chi connectivity index (χ0) is 65.8. The molecule has 0 aliphatic carbocycles. The molecule has 0 fully saturated rings. The topological polar surface area (TPSA) is 355 Å². The molecular formula is C52H69BBrCl3F5N15O9S. The average molecular weight is 1370 g/mol. The number of halogens is 9. The number of hydrogen-bond donors (Lipinski definition) is 8. The Morgan fingerprint density at radius 2 is 0.851 bits per heavy atom. The van der Waals surface area contributed by atoms with Gasteiger partial charge in [-0.25, -0.2) is 40.2 Å². The number of anilines is 2. The normalized spacial score (nSPS) is 10.3. The summed E-state index contributed by atoms with van der Waals surface area (Å²) in [5, 5.41) is 74.6. The minimum absolute atomic E-state index is 0.0921. The number of aliphatic hydroxyl groups excluding tert-OH is 3. The molecule has 87 heavy (non-hydrogen) atoms. The Hall–Kier alpha value is -6.24. The van der Waals surface area contributed by atoms with Crippen LogP contribution in [0.5, 0.6) is 0 Å². The van der Waals surface area contributed by atoms with Crippen LogP contribution in [0.4, 0.5) is 33.3 Å². The van der Waals surface area contributed by atoms with Crippen LogP contribution in [0.2, 0.25) is 6.32 Å². The van der Waals surface area contributed by atoms with E-state index in [1.54, 1.807) is 61.5 Å². The van der Waals surface area contributed by atoms with E-state index in [1.807, 2.05) is 27.7 Å². The minimum Gasteiger partial charge on any atom is -0.427 e. The standard InChI is InChI=1S/C10H10ClFN4.C10H12FN5.C10H11FN4O.C9H12FNO.C7H7BrFNO.C4H10O3.C2H7BO2.Cl2OS/c1-2-7-3-4-9(8(5-11)10(7)12)16-6-13-14-15-16;1-2-7-3-4-9(8(5-12)10(7)11)16-6-13-14-15-16;1-2-7-3-4-9(8(5-16)10(7)11)15-6-12-13-14-15;1-2-6-3-4-8(11)7(5-12)9(6)10;8-5-1-2-6(10)4(3-11)7(5)9;1-5-4(6-2)7-3;1-2-3(4)5;1-4(2)3/h3-4,6H,2,5H2,1H3;3-4,6H,2,5,12H2,1H3;3-4,6,16H,2,5H2,1H3;3-4,12H,2,5,11H2,1H3;1-2,11H,3,10H2;4H,1-3H3;4-5H,2H2,1H3;. The third kappa shape index (κ3) is 25.4. The van der Waals surface area contributed by atoms with Crippen LogP contribution in [0.3, 0.4) is 0 Å². The number of alkyl halides is 1. The number of aliphatic hydroxyl groups is 3. The van der Waals surface area contributed by atoms with Crippen LogP contribution >= 0.6 is 48.9 Å². The summed E-state index contributed by atoms with van der Waals surface area (Å²) >= 11 is 8.74. The van der Waals surface area contributed by atoms with Crippen LogP contribution in [0.25, 0.3) is 17.1 Å². The van der Waals surface area contributed by atoms with Crippen LogP contribution in [0.1, 0.15) is 84.7 Å². The van der Waals surface area contributed by atoms with E-state index in [2.05, 4.69) is 98.1 Å². The highest BCUT2D eigenvalue weighted by Crippen LogP contribution is 2.26. The molecule has 3 aromatic heterocycles. The van der Waals surface area contributed by atoms with Gasteiger partial charge in [0.25, 0.3) is 6.48 Å². The summed E-state index contributed by atoms with van der Waals surface area (Å²) in [6.45, 7) is 7.71. The first kappa shape index (κ1) is 78.8. The number of ether oxygens (including phenoxy) is 3. The highest BCUT2D eigenvalue weighted by Gasteiger charge is 2.17. The molecule has 0 unspecified atom stereocenters. The summed E-state index contributed by atoms with van der Waals surface area (Å²) in [4.78, 5) is 0. The molecule has 0 bridgehead atoms. The molecule has 5 aromatic carbocycles. The number of nitrogens with zero attached hydrogens (tertiary/aromatic N) is 12. The lowest BCUT2D eigenvalue weighted by Crippen LogP contribution is -2.14. The smallest absolute Gasteiger partial charge is 0.427 e. The van der Waals surface area contributed by atoms with Crippen molar-refractivity contribution < 1.29 is 65.7 Å². The maximum absolute atomic E-state index is 14.0. The van der Waals surface area contributed by atoms with Gasteiger partial charge in [0, 0.05) is 88.4 Å². The van der Waals surface area contributed by atoms with Gasteiger partial charge in [-0.1, -0.05) is 58.9 Å². The monoisotopic (exact) mass is 1370 g/mol. The molecule has 478 valence electrons. The zero-order valence-corrected chi connectivity index (χ0v) is 53.2. The van der Waals surface area contributed by atoms with E-state index in [4.69, 9.17) is 53.3 Å². The second kappa shape index (κ2) is 43.4. The quantitative estimate of drug-likeness (QED) is 0.0115. The first-order valence-electron chi connectivity index (χ1n) is 25.7. The first-order chi connectivity index (χ1) is 41.5. The number of nitrogens with two attached hydrogens (primary N) is 3. The highest BCUT2D eigenvalue weighted by molar-refractivity contribution is 9.10. The Kier molecular flexibility index (Phi) is 39.3. The van der Waals surface area contributed by atoms with Gasteiger partial charge in [0.2, 0.25) is 9.23 Å². The Morgan fingerprint density at radius 3 is 1.13 bits per heavy atom. The Balaban J connectivity index is 0.000000515. The highest BCUT2D eigenvalue weighted by atomic mass is 79.9. The van der Waals surface area contributed by atoms with Gasteiger partial charge in [-0.05, 0) is 138 Å². The summed E-state index contributed by atoms with van der Waals surface area (Å²) in [7, 11) is 10.8. The van der Waals surface area contributed by atoms with Crippen molar-refractivity contribution in [2.45, 2.75) is 105 Å². The fourth-order valence-electron chi connectivity index (χ4n) is 6.90. The van der Waals surface area contributed by atoms with E-state index in [0.29, 0.717) is 92.6 Å². The number of nitrogen functional groups attached to an aromatic ring is 2. The lowest BCUT2D eigenvalue weighted by atomic mass is 9.88. The molecule has 8 aromatic rings. The number of rotatable bonds is 16. The third-order valence-corrected chi connectivity index (χ3v) is 12.4. The molecule has 0 saturated carbocycles. The van der Waals surface area contributed by atoms with E-state index < -0.39 is 34.5 Å². The molecule has 0 radical (unpaired) electrons. The Morgan fingerprint density at radius 1 is 0.552 bits per heavy atom. The molecule has 0 amide bonds. The van der Waals surface area contributed by atoms with Gasteiger partial charge in [0.15, 0.2) is 0 Å². The molecule has 0 spiro atoms. The number of tetrazole rings is 3. The molecule has 0 atom stereocenters. The SMILES string of the molecule is CCB(O)O.CCc1ccc(-n2cnnn2)c(CCl)c1F.CCc1ccc(-n2cnnn2)c(CN)c1F.CCc1ccc(-n2cnnn2)c(CO)c1F.CCc1ccc(N)c(CO)c1F.COC(OC)OC.Nc1ccc(Br)c(F)c1CO.O=S(Cl)Cl. The molecule has 24 nitrogen and oxygen atoms in total. The predicted molar refractivity (Wildman–Crippen MR) is 325 cm³/mol. The van der Waals surface area contributed by atoms with Crippen LogP contribution < -0.4 is 17.2 Å². The van der Waals surface area contributed by atoms with Crippen LogP contribution in [-0.4, -0.2) is 125 Å². The van der Waals surface area contributed by atoms with Gasteiger partial charge in [-0.15, -0.1) is 26.9 Å². The maximum Gasteiger partial charge on any atom is 0.451 e. The third-order valence-electron chi connectivity index (χ3n) is 11.6. The van der Waals surface area contributed by atoms with Crippen molar-refractivity contribution in [1.29, 1.82) is 0 Å². The van der Waals surface area contributed by atoms with Crippen LogP contribution in [0, 0.1) is 29.1 Å². The zero-order valence-electron chi connectivity index (χ0n) is 48.5. The average Bonchev–Trinajstić information content (AvgIpc) is 4.45. The Bertz CT molecular complexity index is 3030. The summed E-state index contributed by atoms with van der Waals surface area (Å²) in [5.74, 6) is -1.71. The minimum atomic E-state index is -1.67. The summed E-state index contributed by atoms with van der Waals surface area (Å²) in [6, 6.07) is 16.7. The van der Waals surface area contributed by atoms with Gasteiger partial charge in [-0.2, -0.15) is 0 Å². The summed E-state index contributed by atoms with van der Waals surface area (Å²) in [5.41, 5.74) is 22.5. The van der Waals surface area contributed by atoms with Crippen molar-refractivity contribution >= 4 is 76.6 Å². The maximum atomic E-state index is 14.0. The number of aromatic nitrogens is 12. The van der Waals surface area contributed by atoms with Gasteiger partial charge in [0.1, 0.15) is 48.1 Å². The van der Waals surface area contributed by atoms with E-state index in [0.717, 1.165) is 0 Å². The van der Waals surface area contributed by atoms with E-state index in [9.17, 15) is 27.1 Å². The Labute approximate surface area is 524 Å². The molecule has 0 aliphatic heterocycles. The van der Waals surface area contributed by atoms with Gasteiger partial charge < -0.3 is 56.8 Å². The second-order valence-corrected chi connectivity index (χ2v) is 20.3. The molecular weight excluding hydrogens is 1300 g/mol. The second-order valence-electron chi connectivity index (χ2n) is 16.7. The predicted octanol–water partition coefficient (Wildman–Crippen LogP) is 7.64. The van der Waals surface area contributed by atoms with Crippen molar-refractivity contribution in [3.8, 4) is 17.1 Å². The number of benzene rings is 5. The van der Waals surface area contributed by atoms with Crippen molar-refractivity contribution in [2.24, 2.45) is 5.73 Å². The lowest BCUT2D eigenvalue weighted by molar-refractivity contribution is -0.252. The lowest BCUT2D eigenvalue weighted by Gasteiger charge is -2.10.